The zero-order valence-corrected chi connectivity index (χ0v) is 19.0. The topological polar surface area (TPSA) is 73.8 Å². The number of allylic oxidation sites excluding steroid dienone is 2. The van der Waals surface area contributed by atoms with Crippen molar-refractivity contribution in [2.24, 2.45) is 28.7 Å². The van der Waals surface area contributed by atoms with E-state index in [0.29, 0.717) is 19.5 Å². The van der Waals surface area contributed by atoms with Crippen molar-refractivity contribution in [3.63, 3.8) is 0 Å². The van der Waals surface area contributed by atoms with Crippen LogP contribution in [-0.4, -0.2) is 49.4 Å². The van der Waals surface area contributed by atoms with Crippen molar-refractivity contribution in [1.29, 1.82) is 0 Å². The molecule has 1 saturated heterocycles. The maximum Gasteiger partial charge on any atom is 0.233 e. The third-order valence-corrected chi connectivity index (χ3v) is 7.21. The number of fused-ring (bicyclic) bond motifs is 5. The molecule has 31 heavy (non-hydrogen) atoms. The Balaban J connectivity index is 1.24. The first kappa shape index (κ1) is 21.6. The van der Waals surface area contributed by atoms with Gasteiger partial charge in [0.1, 0.15) is 0 Å². The van der Waals surface area contributed by atoms with Crippen LogP contribution >= 0.6 is 0 Å². The molecule has 6 nitrogen and oxygen atoms in total. The van der Waals surface area contributed by atoms with Gasteiger partial charge in [-0.25, -0.2) is 0 Å². The zero-order valence-electron chi connectivity index (χ0n) is 19.0. The van der Waals surface area contributed by atoms with E-state index >= 15 is 0 Å². The summed E-state index contributed by atoms with van der Waals surface area (Å²) in [6.45, 7) is 8.46. The van der Waals surface area contributed by atoms with Crippen LogP contribution in [0.2, 0.25) is 0 Å². The summed E-state index contributed by atoms with van der Waals surface area (Å²) in [4.78, 5) is 31.3. The van der Waals surface area contributed by atoms with Gasteiger partial charge in [0.25, 0.3) is 0 Å². The second-order valence-corrected chi connectivity index (χ2v) is 9.73. The molecule has 3 aliphatic rings. The van der Waals surface area contributed by atoms with Crippen molar-refractivity contribution in [3.8, 4) is 0 Å². The Morgan fingerprint density at radius 3 is 2.35 bits per heavy atom. The summed E-state index contributed by atoms with van der Waals surface area (Å²) < 4.78 is 0. The summed E-state index contributed by atoms with van der Waals surface area (Å²) >= 11 is 0. The third-order valence-electron chi connectivity index (χ3n) is 7.21. The van der Waals surface area contributed by atoms with Gasteiger partial charge in [-0.2, -0.15) is 0 Å². The molecule has 2 N–H and O–H groups in total. The monoisotopic (exact) mass is 422 g/mol. The second kappa shape index (κ2) is 8.48. The van der Waals surface area contributed by atoms with Crippen LogP contribution in [0.15, 0.2) is 41.4 Å². The number of rotatable bonds is 7. The SMILES string of the molecule is CN=C(NCCCN1C(=O)C2C3C=CC(C3)C2C1=O)NCC(C)(C)c1ccccc1C. The summed E-state index contributed by atoms with van der Waals surface area (Å²) in [6.07, 6.45) is 5.96. The number of carbonyl (C=O) groups is 2. The molecular formula is C25H34N4O2. The van der Waals surface area contributed by atoms with Gasteiger partial charge < -0.3 is 10.6 Å². The number of aryl methyl sites for hydroxylation is 1. The number of amides is 2. The standard InChI is InChI=1S/C25H34N4O2/c1-16-8-5-6-9-19(16)25(2,3)15-28-24(26-4)27-12-7-13-29-22(30)20-17-10-11-18(14-17)21(20)23(29)31/h5-6,8-11,17-18,20-21H,7,12-15H2,1-4H3,(H2,26,27,28). The Labute approximate surface area is 185 Å². The van der Waals surface area contributed by atoms with Crippen LogP contribution in [0.4, 0.5) is 0 Å². The minimum atomic E-state index is -0.103. The quantitative estimate of drug-likeness (QED) is 0.233. The Morgan fingerprint density at radius 1 is 1.10 bits per heavy atom. The first-order valence-corrected chi connectivity index (χ1v) is 11.4. The van der Waals surface area contributed by atoms with Crippen molar-refractivity contribution in [2.45, 2.75) is 39.0 Å². The highest BCUT2D eigenvalue weighted by Gasteiger charge is 2.58. The summed E-state index contributed by atoms with van der Waals surface area (Å²) in [7, 11) is 1.76. The van der Waals surface area contributed by atoms with Gasteiger partial charge in [-0.05, 0) is 42.7 Å². The van der Waals surface area contributed by atoms with E-state index in [1.165, 1.54) is 16.0 Å². The number of hydrogen-bond acceptors (Lipinski definition) is 3. The molecule has 1 aromatic carbocycles. The molecule has 0 spiro atoms. The molecule has 4 rings (SSSR count). The van der Waals surface area contributed by atoms with E-state index in [2.05, 4.69) is 72.8 Å². The van der Waals surface area contributed by atoms with Crippen LogP contribution in [-0.2, 0) is 15.0 Å². The molecular weight excluding hydrogens is 388 g/mol. The normalized spacial score (nSPS) is 27.2. The number of nitrogens with zero attached hydrogens (tertiary/aromatic N) is 2. The molecule has 166 valence electrons. The van der Waals surface area contributed by atoms with Crippen LogP contribution < -0.4 is 10.6 Å². The maximum absolute atomic E-state index is 12.8. The Kier molecular flexibility index (Phi) is 5.91. The van der Waals surface area contributed by atoms with E-state index in [9.17, 15) is 9.59 Å². The predicted molar refractivity (Wildman–Crippen MR) is 123 cm³/mol. The highest BCUT2D eigenvalue weighted by atomic mass is 16.2. The molecule has 0 radical (unpaired) electrons. The van der Waals surface area contributed by atoms with Gasteiger partial charge in [0.2, 0.25) is 11.8 Å². The largest absolute Gasteiger partial charge is 0.356 e. The predicted octanol–water partition coefficient (Wildman–Crippen LogP) is 2.63. The minimum absolute atomic E-state index is 0.0364. The van der Waals surface area contributed by atoms with Crippen molar-refractivity contribution in [3.05, 3.63) is 47.5 Å². The average molecular weight is 423 g/mol. The fourth-order valence-electron chi connectivity index (χ4n) is 5.58. The summed E-state index contributed by atoms with van der Waals surface area (Å²) in [5, 5.41) is 6.74. The lowest BCUT2D eigenvalue weighted by molar-refractivity contribution is -0.140. The average Bonchev–Trinajstić information content (AvgIpc) is 3.42. The smallest absolute Gasteiger partial charge is 0.233 e. The number of benzene rings is 1. The van der Waals surface area contributed by atoms with E-state index in [-0.39, 0.29) is 40.9 Å². The highest BCUT2D eigenvalue weighted by Crippen LogP contribution is 2.52. The summed E-state index contributed by atoms with van der Waals surface area (Å²) in [5.74, 6) is 1.15. The molecule has 1 saturated carbocycles. The molecule has 4 atom stereocenters. The van der Waals surface area contributed by atoms with Crippen molar-refractivity contribution in [2.75, 3.05) is 26.7 Å². The van der Waals surface area contributed by atoms with E-state index in [0.717, 1.165) is 18.9 Å². The molecule has 2 aliphatic carbocycles. The first-order valence-electron chi connectivity index (χ1n) is 11.4. The lowest BCUT2D eigenvalue weighted by Crippen LogP contribution is -2.44. The Bertz CT molecular complexity index is 890. The second-order valence-electron chi connectivity index (χ2n) is 9.73. The van der Waals surface area contributed by atoms with Crippen LogP contribution in [0.3, 0.4) is 0 Å². The van der Waals surface area contributed by atoms with Crippen molar-refractivity contribution in [1.82, 2.24) is 15.5 Å². The van der Waals surface area contributed by atoms with Gasteiger partial charge in [-0.1, -0.05) is 50.3 Å². The first-order chi connectivity index (χ1) is 14.8. The fraction of sp³-hybridized carbons (Fsp3) is 0.560. The number of carbonyl (C=O) groups excluding carboxylic acids is 2. The number of guanidine groups is 1. The van der Waals surface area contributed by atoms with Crippen molar-refractivity contribution >= 4 is 17.8 Å². The molecule has 2 fully saturated rings. The van der Waals surface area contributed by atoms with Crippen LogP contribution in [0, 0.1) is 30.6 Å². The van der Waals surface area contributed by atoms with Crippen LogP contribution in [0.1, 0.15) is 37.8 Å². The number of nitrogens with one attached hydrogen (secondary N) is 2. The number of aliphatic imine (C=N–C) groups is 1. The van der Waals surface area contributed by atoms with E-state index < -0.39 is 0 Å². The molecule has 4 unspecified atom stereocenters. The zero-order chi connectivity index (χ0) is 22.2. The molecule has 1 aliphatic heterocycles. The van der Waals surface area contributed by atoms with Gasteiger partial charge in [0, 0.05) is 32.1 Å². The molecule has 6 heteroatoms. The lowest BCUT2D eigenvalue weighted by atomic mass is 9.82. The van der Waals surface area contributed by atoms with E-state index in [4.69, 9.17) is 0 Å². The Hall–Kier alpha value is -2.63. The highest BCUT2D eigenvalue weighted by molar-refractivity contribution is 6.06. The molecule has 0 aromatic heterocycles. The fourth-order valence-corrected chi connectivity index (χ4v) is 5.58. The third kappa shape index (κ3) is 4.00. The molecule has 1 aromatic rings. The molecule has 1 heterocycles. The Morgan fingerprint density at radius 2 is 1.74 bits per heavy atom. The summed E-state index contributed by atoms with van der Waals surface area (Å²) in [5.41, 5.74) is 2.56. The molecule has 2 amide bonds. The van der Waals surface area contributed by atoms with E-state index in [1.807, 2.05) is 0 Å². The van der Waals surface area contributed by atoms with Gasteiger partial charge in [-0.3, -0.25) is 19.5 Å². The van der Waals surface area contributed by atoms with Gasteiger partial charge in [0.05, 0.1) is 11.8 Å². The van der Waals surface area contributed by atoms with Gasteiger partial charge >= 0.3 is 0 Å². The number of likely N-dealkylation sites (tertiary alicyclic amines) is 1. The minimum Gasteiger partial charge on any atom is -0.356 e. The number of hydrogen-bond donors (Lipinski definition) is 2. The van der Waals surface area contributed by atoms with Crippen molar-refractivity contribution < 1.29 is 9.59 Å². The maximum atomic E-state index is 12.8. The van der Waals surface area contributed by atoms with E-state index in [1.54, 1.807) is 7.05 Å². The lowest BCUT2D eigenvalue weighted by Gasteiger charge is -2.28. The molecule has 2 bridgehead atoms. The van der Waals surface area contributed by atoms with Crippen LogP contribution in [0.25, 0.3) is 0 Å². The van der Waals surface area contributed by atoms with Gasteiger partial charge in [-0.15, -0.1) is 0 Å². The number of imide groups is 1. The van der Waals surface area contributed by atoms with Gasteiger partial charge in [0.15, 0.2) is 5.96 Å². The summed E-state index contributed by atoms with van der Waals surface area (Å²) in [6, 6.07) is 8.45. The van der Waals surface area contributed by atoms with Crippen LogP contribution in [0.5, 0.6) is 0 Å².